The van der Waals surface area contributed by atoms with Crippen molar-refractivity contribution >= 4 is 23.6 Å². The zero-order chi connectivity index (χ0) is 15.0. The number of aryl methyl sites for hydroxylation is 1. The first-order valence-electron chi connectivity index (χ1n) is 6.25. The molecule has 0 saturated carbocycles. The van der Waals surface area contributed by atoms with Gasteiger partial charge in [0.2, 0.25) is 11.9 Å². The van der Waals surface area contributed by atoms with Crippen LogP contribution in [0.2, 0.25) is 0 Å². The molecule has 1 unspecified atom stereocenters. The zero-order valence-electron chi connectivity index (χ0n) is 11.1. The van der Waals surface area contributed by atoms with Crippen molar-refractivity contribution in [1.29, 1.82) is 0 Å². The summed E-state index contributed by atoms with van der Waals surface area (Å²) in [5, 5.41) is -0.791. The Kier molecular flexibility index (Phi) is 3.59. The van der Waals surface area contributed by atoms with Gasteiger partial charge in [0.25, 0.3) is 0 Å². The zero-order valence-corrected chi connectivity index (χ0v) is 11.9. The molecular formula is C14H11F2N3OS. The highest BCUT2D eigenvalue weighted by Gasteiger charge is 2.38. The van der Waals surface area contributed by atoms with E-state index in [0.29, 0.717) is 5.69 Å². The summed E-state index contributed by atoms with van der Waals surface area (Å²) in [5.74, 6) is -1.33. The molecule has 2 aromatic rings. The number of aromatic nitrogens is 2. The van der Waals surface area contributed by atoms with Crippen LogP contribution in [0.1, 0.15) is 16.6 Å². The van der Waals surface area contributed by atoms with E-state index >= 15 is 0 Å². The molecule has 1 amide bonds. The molecule has 0 spiro atoms. The predicted octanol–water partition coefficient (Wildman–Crippen LogP) is 2.84. The summed E-state index contributed by atoms with van der Waals surface area (Å²) < 4.78 is 27.9. The van der Waals surface area contributed by atoms with Crippen molar-refractivity contribution in [1.82, 2.24) is 9.97 Å². The molecule has 1 saturated heterocycles. The summed E-state index contributed by atoms with van der Waals surface area (Å²) in [7, 11) is 0. The van der Waals surface area contributed by atoms with E-state index in [0.717, 1.165) is 11.8 Å². The van der Waals surface area contributed by atoms with Gasteiger partial charge < -0.3 is 0 Å². The molecule has 21 heavy (non-hydrogen) atoms. The predicted molar refractivity (Wildman–Crippen MR) is 75.8 cm³/mol. The standard InChI is InChI=1S/C14H11F2N3OS/c1-8-5-6-17-14(18-8)19-11(20)7-21-13(19)12-9(15)3-2-4-10(12)16/h2-6,13H,7H2,1H3. The minimum Gasteiger partial charge on any atom is -0.273 e. The number of carbonyl (C=O) groups excluding carboxylic acids is 1. The minimum atomic E-state index is -0.791. The first kappa shape index (κ1) is 13.9. The Morgan fingerprint density at radius 2 is 2.00 bits per heavy atom. The summed E-state index contributed by atoms with van der Waals surface area (Å²) in [6.45, 7) is 1.76. The maximum atomic E-state index is 14.0. The Labute approximate surface area is 124 Å². The highest BCUT2D eigenvalue weighted by Crippen LogP contribution is 2.42. The number of hydrogen-bond acceptors (Lipinski definition) is 4. The van der Waals surface area contributed by atoms with Crippen molar-refractivity contribution < 1.29 is 13.6 Å². The molecule has 4 nitrogen and oxygen atoms in total. The Morgan fingerprint density at radius 1 is 1.29 bits per heavy atom. The Bertz CT molecular complexity index is 690. The number of nitrogens with zero attached hydrogens (tertiary/aromatic N) is 3. The van der Waals surface area contributed by atoms with Crippen molar-refractivity contribution in [3.63, 3.8) is 0 Å². The summed E-state index contributed by atoms with van der Waals surface area (Å²) in [4.78, 5) is 21.5. The number of hydrogen-bond donors (Lipinski definition) is 0. The van der Waals surface area contributed by atoms with Gasteiger partial charge in [-0.05, 0) is 25.1 Å². The fraction of sp³-hybridized carbons (Fsp3) is 0.214. The lowest BCUT2D eigenvalue weighted by Gasteiger charge is -2.23. The van der Waals surface area contributed by atoms with E-state index in [1.165, 1.54) is 29.3 Å². The molecule has 7 heteroatoms. The van der Waals surface area contributed by atoms with Crippen molar-refractivity contribution in [2.75, 3.05) is 10.7 Å². The van der Waals surface area contributed by atoms with E-state index in [4.69, 9.17) is 0 Å². The Hall–Kier alpha value is -2.02. The molecule has 1 aliphatic heterocycles. The molecule has 0 radical (unpaired) electrons. The van der Waals surface area contributed by atoms with Crippen molar-refractivity contribution in [2.45, 2.75) is 12.3 Å². The van der Waals surface area contributed by atoms with Crippen LogP contribution in [0.5, 0.6) is 0 Å². The van der Waals surface area contributed by atoms with Gasteiger partial charge in [0.1, 0.15) is 17.0 Å². The van der Waals surface area contributed by atoms with Crippen LogP contribution < -0.4 is 4.90 Å². The van der Waals surface area contributed by atoms with Gasteiger partial charge in [-0.1, -0.05) is 6.07 Å². The van der Waals surface area contributed by atoms with E-state index in [9.17, 15) is 13.6 Å². The molecule has 2 heterocycles. The summed E-state index contributed by atoms with van der Waals surface area (Å²) in [5.41, 5.74) is 0.538. The summed E-state index contributed by atoms with van der Waals surface area (Å²) >= 11 is 1.16. The van der Waals surface area contributed by atoms with Crippen LogP contribution in [0.15, 0.2) is 30.5 Å². The Morgan fingerprint density at radius 3 is 2.67 bits per heavy atom. The SMILES string of the molecule is Cc1ccnc(N2C(=O)CSC2c2c(F)cccc2F)n1. The van der Waals surface area contributed by atoms with E-state index < -0.39 is 17.0 Å². The van der Waals surface area contributed by atoms with Crippen molar-refractivity contribution in [3.8, 4) is 0 Å². The van der Waals surface area contributed by atoms with Gasteiger partial charge in [-0.3, -0.25) is 9.69 Å². The maximum absolute atomic E-state index is 14.0. The van der Waals surface area contributed by atoms with Gasteiger partial charge in [0, 0.05) is 11.9 Å². The minimum absolute atomic E-state index is 0.135. The van der Waals surface area contributed by atoms with Crippen LogP contribution in [0.3, 0.4) is 0 Å². The second kappa shape index (κ2) is 5.40. The molecule has 1 aromatic carbocycles. The van der Waals surface area contributed by atoms with E-state index in [1.54, 1.807) is 13.0 Å². The van der Waals surface area contributed by atoms with Gasteiger partial charge >= 0.3 is 0 Å². The number of halogens is 2. The molecule has 0 N–H and O–H groups in total. The average molecular weight is 307 g/mol. The van der Waals surface area contributed by atoms with Crippen LogP contribution in [-0.4, -0.2) is 21.6 Å². The number of rotatable bonds is 2. The molecule has 108 valence electrons. The van der Waals surface area contributed by atoms with Crippen LogP contribution >= 0.6 is 11.8 Å². The third kappa shape index (κ3) is 2.49. The largest absolute Gasteiger partial charge is 0.273 e. The lowest BCUT2D eigenvalue weighted by atomic mass is 10.2. The van der Waals surface area contributed by atoms with Gasteiger partial charge in [-0.15, -0.1) is 11.8 Å². The lowest BCUT2D eigenvalue weighted by molar-refractivity contribution is -0.115. The maximum Gasteiger partial charge on any atom is 0.240 e. The fourth-order valence-corrected chi connectivity index (χ4v) is 3.34. The lowest BCUT2D eigenvalue weighted by Crippen LogP contribution is -2.30. The van der Waals surface area contributed by atoms with E-state index in [2.05, 4.69) is 9.97 Å². The second-order valence-corrected chi connectivity index (χ2v) is 5.63. The summed E-state index contributed by atoms with van der Waals surface area (Å²) in [6, 6.07) is 5.34. The molecule has 1 aromatic heterocycles. The highest BCUT2D eigenvalue weighted by atomic mass is 32.2. The fourth-order valence-electron chi connectivity index (χ4n) is 2.15. The molecule has 1 atom stereocenters. The van der Waals surface area contributed by atoms with E-state index in [1.807, 2.05) is 0 Å². The molecular weight excluding hydrogens is 296 g/mol. The van der Waals surface area contributed by atoms with Gasteiger partial charge in [-0.25, -0.2) is 18.7 Å². The topological polar surface area (TPSA) is 46.1 Å². The third-order valence-electron chi connectivity index (χ3n) is 3.11. The van der Waals surface area contributed by atoms with Gasteiger partial charge in [0.15, 0.2) is 0 Å². The normalized spacial score (nSPS) is 18.3. The van der Waals surface area contributed by atoms with Crippen LogP contribution in [0, 0.1) is 18.6 Å². The molecule has 0 bridgehead atoms. The Balaban J connectivity index is 2.08. The quantitative estimate of drug-likeness (QED) is 0.856. The first-order valence-corrected chi connectivity index (χ1v) is 7.30. The van der Waals surface area contributed by atoms with Crippen LogP contribution in [0.4, 0.5) is 14.7 Å². The van der Waals surface area contributed by atoms with E-state index in [-0.39, 0.29) is 23.2 Å². The van der Waals surface area contributed by atoms with Crippen molar-refractivity contribution in [3.05, 3.63) is 53.4 Å². The van der Waals surface area contributed by atoms with Crippen LogP contribution in [-0.2, 0) is 4.79 Å². The number of anilines is 1. The molecule has 0 aliphatic carbocycles. The number of thioether (sulfide) groups is 1. The average Bonchev–Trinajstić information content (AvgIpc) is 2.80. The smallest absolute Gasteiger partial charge is 0.240 e. The monoisotopic (exact) mass is 307 g/mol. The van der Waals surface area contributed by atoms with Gasteiger partial charge in [0.05, 0.1) is 11.3 Å². The number of amides is 1. The van der Waals surface area contributed by atoms with Gasteiger partial charge in [-0.2, -0.15) is 0 Å². The van der Waals surface area contributed by atoms with Crippen molar-refractivity contribution in [2.24, 2.45) is 0 Å². The second-order valence-electron chi connectivity index (χ2n) is 4.56. The number of benzene rings is 1. The van der Waals surface area contributed by atoms with Crippen LogP contribution in [0.25, 0.3) is 0 Å². The molecule has 1 aliphatic rings. The number of carbonyl (C=O) groups is 1. The third-order valence-corrected chi connectivity index (χ3v) is 4.29. The molecule has 3 rings (SSSR count). The summed E-state index contributed by atoms with van der Waals surface area (Å²) in [6.07, 6.45) is 1.52. The highest BCUT2D eigenvalue weighted by molar-refractivity contribution is 8.00. The first-order chi connectivity index (χ1) is 10.1. The molecule has 1 fully saturated rings.